The van der Waals surface area contributed by atoms with E-state index in [1.165, 1.54) is 18.3 Å². The minimum Gasteiger partial charge on any atom is -0.483 e. The molecule has 1 heterocycles. The third-order valence-corrected chi connectivity index (χ3v) is 3.59. The number of benzene rings is 1. The van der Waals surface area contributed by atoms with Crippen LogP contribution in [-0.2, 0) is 4.79 Å². The third kappa shape index (κ3) is 5.17. The first-order chi connectivity index (χ1) is 12.0. The molecule has 0 radical (unpaired) electrons. The predicted octanol–water partition coefficient (Wildman–Crippen LogP) is 3.23. The van der Waals surface area contributed by atoms with E-state index in [9.17, 15) is 14.9 Å². The number of hydrazone groups is 1. The summed E-state index contributed by atoms with van der Waals surface area (Å²) in [5.41, 5.74) is 3.32. The lowest BCUT2D eigenvalue weighted by molar-refractivity contribution is -0.402. The van der Waals surface area contributed by atoms with Gasteiger partial charge >= 0.3 is 5.88 Å². The van der Waals surface area contributed by atoms with Gasteiger partial charge in [0.05, 0.1) is 12.3 Å². The number of nitrogens with one attached hydrogen (secondary N) is 1. The van der Waals surface area contributed by atoms with Crippen molar-refractivity contribution in [3.8, 4) is 5.75 Å². The largest absolute Gasteiger partial charge is 0.483 e. The van der Waals surface area contributed by atoms with Gasteiger partial charge in [-0.3, -0.25) is 14.9 Å². The lowest BCUT2D eigenvalue weighted by atomic mass is 9.98. The number of furan rings is 1. The first-order valence-electron chi connectivity index (χ1n) is 7.79. The highest BCUT2D eigenvalue weighted by molar-refractivity contribution is 5.81. The van der Waals surface area contributed by atoms with Crippen LogP contribution in [-0.4, -0.2) is 23.7 Å². The van der Waals surface area contributed by atoms with E-state index >= 15 is 0 Å². The van der Waals surface area contributed by atoms with E-state index in [-0.39, 0.29) is 12.4 Å². The summed E-state index contributed by atoms with van der Waals surface area (Å²) in [6.07, 6.45) is 2.14. The molecule has 1 unspecified atom stereocenters. The van der Waals surface area contributed by atoms with Crippen LogP contribution in [0.5, 0.6) is 5.75 Å². The molecule has 25 heavy (non-hydrogen) atoms. The molecule has 1 N–H and O–H groups in total. The highest BCUT2D eigenvalue weighted by Gasteiger charge is 2.12. The number of carbonyl (C=O) groups excluding carboxylic acids is 1. The van der Waals surface area contributed by atoms with E-state index in [1.807, 2.05) is 24.3 Å². The Bertz CT molecular complexity index is 769. The molecule has 0 aliphatic rings. The average Bonchev–Trinajstić information content (AvgIpc) is 3.09. The molecule has 1 aromatic carbocycles. The number of nitro groups is 1. The minimum atomic E-state index is -0.654. The number of ether oxygens (including phenoxy) is 1. The number of para-hydroxylation sites is 1. The summed E-state index contributed by atoms with van der Waals surface area (Å²) < 4.78 is 10.4. The van der Waals surface area contributed by atoms with Crippen molar-refractivity contribution in [2.24, 2.45) is 5.10 Å². The van der Waals surface area contributed by atoms with Crippen LogP contribution in [0.25, 0.3) is 0 Å². The van der Waals surface area contributed by atoms with Gasteiger partial charge in [-0.15, -0.1) is 0 Å². The third-order valence-electron chi connectivity index (χ3n) is 3.59. The molecule has 1 amide bonds. The Kier molecular flexibility index (Phi) is 6.27. The molecule has 0 saturated carbocycles. The molecule has 1 atom stereocenters. The van der Waals surface area contributed by atoms with Gasteiger partial charge in [0.1, 0.15) is 10.7 Å². The van der Waals surface area contributed by atoms with Crippen LogP contribution in [0.3, 0.4) is 0 Å². The van der Waals surface area contributed by atoms with Crippen molar-refractivity contribution < 1.29 is 18.9 Å². The monoisotopic (exact) mass is 345 g/mol. The highest BCUT2D eigenvalue weighted by atomic mass is 16.6. The van der Waals surface area contributed by atoms with Crippen molar-refractivity contribution in [2.45, 2.75) is 26.2 Å². The van der Waals surface area contributed by atoms with Gasteiger partial charge in [-0.25, -0.2) is 5.43 Å². The summed E-state index contributed by atoms with van der Waals surface area (Å²) in [6, 6.07) is 10.2. The molecule has 132 valence electrons. The maximum absolute atomic E-state index is 11.8. The molecule has 0 aliphatic carbocycles. The molecule has 0 bridgehead atoms. The van der Waals surface area contributed by atoms with E-state index in [4.69, 9.17) is 9.15 Å². The van der Waals surface area contributed by atoms with Crippen molar-refractivity contribution >= 4 is 18.0 Å². The normalized spacial score (nSPS) is 12.1. The number of amides is 1. The minimum absolute atomic E-state index is 0.162. The van der Waals surface area contributed by atoms with Gasteiger partial charge in [0, 0.05) is 0 Å². The van der Waals surface area contributed by atoms with E-state index < -0.39 is 16.7 Å². The molecule has 1 aromatic heterocycles. The van der Waals surface area contributed by atoms with Gasteiger partial charge < -0.3 is 9.15 Å². The summed E-state index contributed by atoms with van der Waals surface area (Å²) in [5.74, 6) is 0.314. The van der Waals surface area contributed by atoms with E-state index in [1.54, 1.807) is 0 Å². The SMILES string of the molecule is CCC(C)c1ccccc1OCC(=O)NN=Cc1ccc([N+](=O)[O-])o1. The average molecular weight is 345 g/mol. The number of rotatable bonds is 8. The van der Waals surface area contributed by atoms with Crippen molar-refractivity contribution in [1.82, 2.24) is 5.43 Å². The molecule has 8 nitrogen and oxygen atoms in total. The quantitative estimate of drug-likeness (QED) is 0.449. The zero-order valence-corrected chi connectivity index (χ0v) is 14.0. The van der Waals surface area contributed by atoms with E-state index in [2.05, 4.69) is 24.4 Å². The van der Waals surface area contributed by atoms with Crippen LogP contribution in [0.15, 0.2) is 45.9 Å². The Hall–Kier alpha value is -3.16. The maximum Gasteiger partial charge on any atom is 0.433 e. The van der Waals surface area contributed by atoms with Gasteiger partial charge in [-0.2, -0.15) is 5.10 Å². The van der Waals surface area contributed by atoms with E-state index in [0.717, 1.165) is 12.0 Å². The summed E-state index contributed by atoms with van der Waals surface area (Å²) >= 11 is 0. The first-order valence-corrected chi connectivity index (χ1v) is 7.79. The Morgan fingerprint density at radius 2 is 2.16 bits per heavy atom. The summed E-state index contributed by atoms with van der Waals surface area (Å²) in [7, 11) is 0. The fourth-order valence-electron chi connectivity index (χ4n) is 2.09. The predicted molar refractivity (Wildman–Crippen MR) is 91.7 cm³/mol. The summed E-state index contributed by atoms with van der Waals surface area (Å²) in [5, 5.41) is 14.2. The maximum atomic E-state index is 11.8. The van der Waals surface area contributed by atoms with Crippen molar-refractivity contribution in [3.63, 3.8) is 0 Å². The fraction of sp³-hybridized carbons (Fsp3) is 0.294. The number of nitrogens with zero attached hydrogens (tertiary/aromatic N) is 2. The van der Waals surface area contributed by atoms with Crippen LogP contribution in [0.4, 0.5) is 5.88 Å². The van der Waals surface area contributed by atoms with E-state index in [0.29, 0.717) is 11.7 Å². The second-order valence-electron chi connectivity index (χ2n) is 5.36. The smallest absolute Gasteiger partial charge is 0.433 e. The molecule has 0 spiro atoms. The second-order valence-corrected chi connectivity index (χ2v) is 5.36. The fourth-order valence-corrected chi connectivity index (χ4v) is 2.09. The lowest BCUT2D eigenvalue weighted by Crippen LogP contribution is -2.24. The number of hydrogen-bond donors (Lipinski definition) is 1. The molecular formula is C17H19N3O5. The number of hydrogen-bond acceptors (Lipinski definition) is 6. The van der Waals surface area contributed by atoms with Crippen molar-refractivity contribution in [2.75, 3.05) is 6.61 Å². The zero-order valence-electron chi connectivity index (χ0n) is 14.0. The van der Waals surface area contributed by atoms with Gasteiger partial charge in [-0.1, -0.05) is 32.0 Å². The van der Waals surface area contributed by atoms with Gasteiger partial charge in [0.15, 0.2) is 12.4 Å². The zero-order chi connectivity index (χ0) is 18.2. The molecular weight excluding hydrogens is 326 g/mol. The standard InChI is InChI=1S/C17H19N3O5/c1-3-12(2)14-6-4-5-7-15(14)24-11-16(21)19-18-10-13-8-9-17(25-13)20(22)23/h4-10,12H,3,11H2,1-2H3,(H,19,21). The Morgan fingerprint density at radius 3 is 2.84 bits per heavy atom. The van der Waals surface area contributed by atoms with Gasteiger partial charge in [0.2, 0.25) is 0 Å². The Balaban J connectivity index is 1.86. The van der Waals surface area contributed by atoms with Gasteiger partial charge in [0.25, 0.3) is 5.91 Å². The Morgan fingerprint density at radius 1 is 1.40 bits per heavy atom. The van der Waals surface area contributed by atoms with Crippen LogP contribution in [0.1, 0.15) is 37.5 Å². The van der Waals surface area contributed by atoms with Crippen LogP contribution >= 0.6 is 0 Å². The summed E-state index contributed by atoms with van der Waals surface area (Å²) in [4.78, 5) is 21.6. The van der Waals surface area contributed by atoms with Crippen LogP contribution in [0, 0.1) is 10.1 Å². The van der Waals surface area contributed by atoms with Crippen LogP contribution < -0.4 is 10.2 Å². The first kappa shape index (κ1) is 18.2. The lowest BCUT2D eigenvalue weighted by Gasteiger charge is -2.15. The topological polar surface area (TPSA) is 107 Å². The molecule has 8 heteroatoms. The highest BCUT2D eigenvalue weighted by Crippen LogP contribution is 2.28. The number of carbonyl (C=O) groups is 1. The summed E-state index contributed by atoms with van der Waals surface area (Å²) in [6.45, 7) is 3.99. The van der Waals surface area contributed by atoms with Crippen molar-refractivity contribution in [3.05, 3.63) is 57.8 Å². The molecule has 2 aromatic rings. The second kappa shape index (κ2) is 8.62. The van der Waals surface area contributed by atoms with Gasteiger partial charge in [-0.05, 0) is 30.0 Å². The van der Waals surface area contributed by atoms with Crippen molar-refractivity contribution in [1.29, 1.82) is 0 Å². The molecule has 0 aliphatic heterocycles. The molecule has 0 fully saturated rings. The molecule has 0 saturated heterocycles. The molecule has 2 rings (SSSR count). The van der Waals surface area contributed by atoms with Crippen LogP contribution in [0.2, 0.25) is 0 Å². The Labute approximate surface area is 144 Å².